The molecule has 1 aromatic carbocycles. The minimum absolute atomic E-state index is 0.000935. The van der Waals surface area contributed by atoms with E-state index >= 15 is 0 Å². The number of amides is 2. The SMILES string of the molecule is O=C(CN1CCCCCC1=O)NCCNc1ccccc1[N+](=O)[O-]. The first-order valence-electron chi connectivity index (χ1n) is 8.09. The van der Waals surface area contributed by atoms with Crippen LogP contribution in [0.15, 0.2) is 24.3 Å². The number of nitro groups is 1. The number of carbonyl (C=O) groups is 2. The van der Waals surface area contributed by atoms with E-state index in [1.807, 2.05) is 0 Å². The van der Waals surface area contributed by atoms with Gasteiger partial charge in [0.25, 0.3) is 5.69 Å². The van der Waals surface area contributed by atoms with Crippen molar-refractivity contribution in [1.82, 2.24) is 10.2 Å². The van der Waals surface area contributed by atoms with Crippen molar-refractivity contribution in [1.29, 1.82) is 0 Å². The standard InChI is InChI=1S/C16H22N4O4/c21-15(12-19-11-5-1-2-8-16(19)22)18-10-9-17-13-6-3-4-7-14(13)20(23)24/h3-4,6-7,17H,1-2,5,8-12H2,(H,18,21). The topological polar surface area (TPSA) is 105 Å². The molecule has 130 valence electrons. The number of anilines is 1. The first kappa shape index (κ1) is 17.7. The maximum absolute atomic E-state index is 11.9. The van der Waals surface area contributed by atoms with Crippen molar-refractivity contribution < 1.29 is 14.5 Å². The highest BCUT2D eigenvalue weighted by atomic mass is 16.6. The van der Waals surface area contributed by atoms with Crippen LogP contribution in [0, 0.1) is 10.1 Å². The van der Waals surface area contributed by atoms with Gasteiger partial charge in [-0.3, -0.25) is 19.7 Å². The second-order valence-electron chi connectivity index (χ2n) is 5.68. The molecule has 0 bridgehead atoms. The Morgan fingerprint density at radius 2 is 2.00 bits per heavy atom. The van der Waals surface area contributed by atoms with Gasteiger partial charge in [-0.15, -0.1) is 0 Å². The maximum Gasteiger partial charge on any atom is 0.292 e. The predicted octanol–water partition coefficient (Wildman–Crippen LogP) is 1.53. The highest BCUT2D eigenvalue weighted by Gasteiger charge is 2.19. The van der Waals surface area contributed by atoms with E-state index in [1.54, 1.807) is 23.1 Å². The van der Waals surface area contributed by atoms with E-state index in [0.29, 0.717) is 31.7 Å². The summed E-state index contributed by atoms with van der Waals surface area (Å²) >= 11 is 0. The summed E-state index contributed by atoms with van der Waals surface area (Å²) in [6.07, 6.45) is 3.34. The Labute approximate surface area is 140 Å². The van der Waals surface area contributed by atoms with Gasteiger partial charge in [0.1, 0.15) is 5.69 Å². The van der Waals surface area contributed by atoms with E-state index in [4.69, 9.17) is 0 Å². The number of hydrogen-bond acceptors (Lipinski definition) is 5. The first-order chi connectivity index (χ1) is 11.6. The molecule has 1 heterocycles. The fourth-order valence-electron chi connectivity index (χ4n) is 2.62. The van der Waals surface area contributed by atoms with Gasteiger partial charge in [0.05, 0.1) is 11.5 Å². The lowest BCUT2D eigenvalue weighted by molar-refractivity contribution is -0.384. The normalized spacial score (nSPS) is 14.8. The molecule has 1 aliphatic heterocycles. The number of likely N-dealkylation sites (tertiary alicyclic amines) is 1. The molecule has 0 radical (unpaired) electrons. The number of nitrogens with zero attached hydrogens (tertiary/aromatic N) is 2. The van der Waals surface area contributed by atoms with E-state index < -0.39 is 4.92 Å². The lowest BCUT2D eigenvalue weighted by Gasteiger charge is -2.19. The second kappa shape index (κ2) is 8.85. The molecule has 0 atom stereocenters. The maximum atomic E-state index is 11.9. The summed E-state index contributed by atoms with van der Waals surface area (Å²) in [5.74, 6) is -0.185. The lowest BCUT2D eigenvalue weighted by Crippen LogP contribution is -2.41. The van der Waals surface area contributed by atoms with Gasteiger partial charge in [-0.05, 0) is 18.9 Å². The molecule has 2 N–H and O–H groups in total. The molecule has 0 saturated carbocycles. The molecule has 24 heavy (non-hydrogen) atoms. The molecular formula is C16H22N4O4. The van der Waals surface area contributed by atoms with Gasteiger partial charge >= 0.3 is 0 Å². The van der Waals surface area contributed by atoms with Crippen molar-refractivity contribution in [2.75, 3.05) is 31.5 Å². The van der Waals surface area contributed by atoms with Crippen LogP contribution in [0.5, 0.6) is 0 Å². The van der Waals surface area contributed by atoms with Crippen LogP contribution in [0.2, 0.25) is 0 Å². The Kier molecular flexibility index (Phi) is 6.53. The lowest BCUT2D eigenvalue weighted by atomic mass is 10.2. The van der Waals surface area contributed by atoms with Crippen molar-refractivity contribution in [3.8, 4) is 0 Å². The highest BCUT2D eigenvalue weighted by Crippen LogP contribution is 2.22. The minimum atomic E-state index is -0.453. The van der Waals surface area contributed by atoms with Gasteiger partial charge < -0.3 is 15.5 Å². The van der Waals surface area contributed by atoms with Crippen LogP contribution in [0.25, 0.3) is 0 Å². The predicted molar refractivity (Wildman–Crippen MR) is 89.6 cm³/mol. The minimum Gasteiger partial charge on any atom is -0.378 e. The van der Waals surface area contributed by atoms with Crippen molar-refractivity contribution in [3.63, 3.8) is 0 Å². The Balaban J connectivity index is 1.73. The molecular weight excluding hydrogens is 312 g/mol. The van der Waals surface area contributed by atoms with Crippen molar-refractivity contribution in [2.45, 2.75) is 25.7 Å². The van der Waals surface area contributed by atoms with Gasteiger partial charge in [-0.25, -0.2) is 0 Å². The Bertz CT molecular complexity index is 605. The fourth-order valence-corrected chi connectivity index (χ4v) is 2.62. The largest absolute Gasteiger partial charge is 0.378 e. The molecule has 2 rings (SSSR count). The molecule has 0 spiro atoms. The molecule has 8 nitrogen and oxygen atoms in total. The second-order valence-corrected chi connectivity index (χ2v) is 5.68. The molecule has 2 amide bonds. The van der Waals surface area contributed by atoms with Gasteiger partial charge in [0.15, 0.2) is 0 Å². The van der Waals surface area contributed by atoms with Gasteiger partial charge in [0.2, 0.25) is 11.8 Å². The van der Waals surface area contributed by atoms with E-state index in [-0.39, 0.29) is 24.0 Å². The van der Waals surface area contributed by atoms with E-state index in [1.165, 1.54) is 6.07 Å². The van der Waals surface area contributed by atoms with Crippen molar-refractivity contribution >= 4 is 23.2 Å². The third-order valence-corrected chi connectivity index (χ3v) is 3.87. The number of hydrogen-bond donors (Lipinski definition) is 2. The number of para-hydroxylation sites is 2. The van der Waals surface area contributed by atoms with E-state index in [0.717, 1.165) is 19.3 Å². The third kappa shape index (κ3) is 5.22. The number of benzene rings is 1. The van der Waals surface area contributed by atoms with E-state index in [2.05, 4.69) is 10.6 Å². The molecule has 1 saturated heterocycles. The highest BCUT2D eigenvalue weighted by molar-refractivity contribution is 5.84. The number of rotatable bonds is 7. The molecule has 1 aromatic rings. The van der Waals surface area contributed by atoms with Crippen LogP contribution in [0.1, 0.15) is 25.7 Å². The first-order valence-corrected chi connectivity index (χ1v) is 8.09. The Morgan fingerprint density at radius 3 is 2.79 bits per heavy atom. The number of nitro benzene ring substituents is 1. The average Bonchev–Trinajstić information content (AvgIpc) is 2.76. The summed E-state index contributed by atoms with van der Waals surface area (Å²) in [5.41, 5.74) is 0.415. The summed E-state index contributed by atoms with van der Waals surface area (Å²) in [7, 11) is 0. The smallest absolute Gasteiger partial charge is 0.292 e. The molecule has 1 aliphatic rings. The third-order valence-electron chi connectivity index (χ3n) is 3.87. The van der Waals surface area contributed by atoms with Gasteiger partial charge in [0, 0.05) is 32.1 Å². The summed E-state index contributed by atoms with van der Waals surface area (Å²) in [4.78, 5) is 35.8. The van der Waals surface area contributed by atoms with Crippen LogP contribution in [-0.2, 0) is 9.59 Å². The Hall–Kier alpha value is -2.64. The number of carbonyl (C=O) groups excluding carboxylic acids is 2. The van der Waals surface area contributed by atoms with Crippen LogP contribution in [0.4, 0.5) is 11.4 Å². The molecule has 0 aromatic heterocycles. The van der Waals surface area contributed by atoms with Crippen LogP contribution >= 0.6 is 0 Å². The zero-order chi connectivity index (χ0) is 17.4. The summed E-state index contributed by atoms with van der Waals surface area (Å²) in [6.45, 7) is 1.39. The quantitative estimate of drug-likeness (QED) is 0.447. The fraction of sp³-hybridized carbons (Fsp3) is 0.500. The van der Waals surface area contributed by atoms with Crippen LogP contribution in [0.3, 0.4) is 0 Å². The monoisotopic (exact) mass is 334 g/mol. The molecule has 0 unspecified atom stereocenters. The summed E-state index contributed by atoms with van der Waals surface area (Å²) < 4.78 is 0. The van der Waals surface area contributed by atoms with Crippen molar-refractivity contribution in [3.05, 3.63) is 34.4 Å². The van der Waals surface area contributed by atoms with Crippen LogP contribution in [-0.4, -0.2) is 47.8 Å². The Morgan fingerprint density at radius 1 is 1.21 bits per heavy atom. The number of nitrogens with one attached hydrogen (secondary N) is 2. The molecule has 0 aliphatic carbocycles. The van der Waals surface area contributed by atoms with E-state index in [9.17, 15) is 19.7 Å². The zero-order valence-electron chi connectivity index (χ0n) is 13.5. The molecule has 8 heteroatoms. The summed E-state index contributed by atoms with van der Waals surface area (Å²) in [5, 5.41) is 16.6. The van der Waals surface area contributed by atoms with Gasteiger partial charge in [-0.2, -0.15) is 0 Å². The summed E-state index contributed by atoms with van der Waals surface area (Å²) in [6, 6.07) is 6.35. The van der Waals surface area contributed by atoms with Gasteiger partial charge in [-0.1, -0.05) is 18.6 Å². The van der Waals surface area contributed by atoms with Crippen molar-refractivity contribution in [2.24, 2.45) is 0 Å². The van der Waals surface area contributed by atoms with Crippen LogP contribution < -0.4 is 10.6 Å². The zero-order valence-corrected chi connectivity index (χ0v) is 13.5. The average molecular weight is 334 g/mol. The molecule has 1 fully saturated rings.